The second kappa shape index (κ2) is 9.46. The number of anilines is 2. The fraction of sp³-hybridized carbons (Fsp3) is 0.300. The maximum absolute atomic E-state index is 12.1. The van der Waals surface area contributed by atoms with E-state index in [0.29, 0.717) is 29.0 Å². The first-order valence-electron chi connectivity index (χ1n) is 8.52. The Bertz CT molecular complexity index is 740. The molecule has 0 aliphatic heterocycles. The number of rotatable bonds is 9. The highest BCUT2D eigenvalue weighted by Gasteiger charge is 2.09. The van der Waals surface area contributed by atoms with Gasteiger partial charge in [-0.1, -0.05) is 0 Å². The molecule has 2 aromatic carbocycles. The second-order valence-corrected chi connectivity index (χ2v) is 5.58. The van der Waals surface area contributed by atoms with Gasteiger partial charge in [-0.05, 0) is 56.3 Å². The summed E-state index contributed by atoms with van der Waals surface area (Å²) in [5.41, 5.74) is 2.14. The number of ether oxygens (including phenoxy) is 2. The molecule has 0 unspecified atom stereocenters. The van der Waals surface area contributed by atoms with Crippen molar-refractivity contribution in [1.29, 1.82) is 0 Å². The van der Waals surface area contributed by atoms with Crippen LogP contribution in [0.1, 0.15) is 24.2 Å². The third-order valence-corrected chi connectivity index (χ3v) is 3.98. The largest absolute Gasteiger partial charge is 0.497 e. The van der Waals surface area contributed by atoms with E-state index >= 15 is 0 Å². The van der Waals surface area contributed by atoms with Crippen molar-refractivity contribution < 1.29 is 19.1 Å². The lowest BCUT2D eigenvalue weighted by molar-refractivity contribution is -0.118. The summed E-state index contributed by atoms with van der Waals surface area (Å²) >= 11 is 0. The molecular weight excluding hydrogens is 332 g/mol. The fourth-order valence-corrected chi connectivity index (χ4v) is 2.56. The lowest BCUT2D eigenvalue weighted by atomic mass is 10.2. The standard InChI is InChI=1S/C20H24N2O4/c1-4-22(5-2)17-8-6-16(7-9-17)21-20(24)14-26-19-11-10-18(25-3)12-15(19)13-23/h6-13H,4-5,14H2,1-3H3,(H,21,24). The Morgan fingerprint density at radius 1 is 1.12 bits per heavy atom. The van der Waals surface area contributed by atoms with E-state index in [1.54, 1.807) is 18.2 Å². The molecule has 0 radical (unpaired) electrons. The van der Waals surface area contributed by atoms with Crippen LogP contribution < -0.4 is 19.7 Å². The molecule has 0 heterocycles. The SMILES string of the molecule is CCN(CC)c1ccc(NC(=O)COc2ccc(OC)cc2C=O)cc1. The zero-order valence-electron chi connectivity index (χ0n) is 15.3. The molecule has 2 aromatic rings. The predicted octanol–water partition coefficient (Wildman–Crippen LogP) is 3.37. The molecule has 0 spiro atoms. The molecule has 0 bridgehead atoms. The lowest BCUT2D eigenvalue weighted by Crippen LogP contribution is -2.22. The Morgan fingerprint density at radius 3 is 2.38 bits per heavy atom. The van der Waals surface area contributed by atoms with Crippen molar-refractivity contribution in [3.05, 3.63) is 48.0 Å². The summed E-state index contributed by atoms with van der Waals surface area (Å²) in [5.74, 6) is 0.596. The van der Waals surface area contributed by atoms with Gasteiger partial charge in [0, 0.05) is 24.5 Å². The molecule has 1 amide bonds. The number of carbonyl (C=O) groups excluding carboxylic acids is 2. The van der Waals surface area contributed by atoms with Crippen molar-refractivity contribution in [3.8, 4) is 11.5 Å². The van der Waals surface area contributed by atoms with Crippen molar-refractivity contribution in [2.75, 3.05) is 37.0 Å². The summed E-state index contributed by atoms with van der Waals surface area (Å²) in [6, 6.07) is 12.5. The first-order valence-corrected chi connectivity index (χ1v) is 8.52. The third kappa shape index (κ3) is 4.99. The van der Waals surface area contributed by atoms with E-state index in [2.05, 4.69) is 24.1 Å². The van der Waals surface area contributed by atoms with Crippen LogP contribution in [-0.2, 0) is 4.79 Å². The lowest BCUT2D eigenvalue weighted by Gasteiger charge is -2.21. The van der Waals surface area contributed by atoms with Crippen LogP contribution in [0.5, 0.6) is 11.5 Å². The summed E-state index contributed by atoms with van der Waals surface area (Å²) in [4.78, 5) is 25.4. The molecule has 0 aliphatic rings. The molecule has 0 aliphatic carbocycles. The second-order valence-electron chi connectivity index (χ2n) is 5.58. The summed E-state index contributed by atoms with van der Waals surface area (Å²) in [5, 5.41) is 2.78. The zero-order chi connectivity index (χ0) is 18.9. The van der Waals surface area contributed by atoms with Crippen molar-refractivity contribution >= 4 is 23.6 Å². The minimum atomic E-state index is -0.298. The monoisotopic (exact) mass is 356 g/mol. The number of benzene rings is 2. The minimum absolute atomic E-state index is 0.190. The quantitative estimate of drug-likeness (QED) is 0.698. The maximum atomic E-state index is 12.1. The average molecular weight is 356 g/mol. The first-order chi connectivity index (χ1) is 12.6. The summed E-state index contributed by atoms with van der Waals surface area (Å²) in [7, 11) is 1.52. The molecule has 138 valence electrons. The van der Waals surface area contributed by atoms with E-state index in [1.807, 2.05) is 24.3 Å². The van der Waals surface area contributed by atoms with Crippen LogP contribution in [0.25, 0.3) is 0 Å². The van der Waals surface area contributed by atoms with Gasteiger partial charge in [0.1, 0.15) is 11.5 Å². The molecule has 6 heteroatoms. The Balaban J connectivity index is 1.94. The Morgan fingerprint density at radius 2 is 1.81 bits per heavy atom. The van der Waals surface area contributed by atoms with Gasteiger partial charge in [-0.3, -0.25) is 9.59 Å². The average Bonchev–Trinajstić information content (AvgIpc) is 2.68. The van der Waals surface area contributed by atoms with Crippen molar-refractivity contribution in [2.45, 2.75) is 13.8 Å². The normalized spacial score (nSPS) is 10.1. The molecule has 26 heavy (non-hydrogen) atoms. The fourth-order valence-electron chi connectivity index (χ4n) is 2.56. The van der Waals surface area contributed by atoms with E-state index in [9.17, 15) is 9.59 Å². The molecule has 0 fully saturated rings. The highest BCUT2D eigenvalue weighted by molar-refractivity contribution is 5.92. The molecular formula is C20H24N2O4. The van der Waals surface area contributed by atoms with E-state index in [0.717, 1.165) is 18.8 Å². The molecule has 6 nitrogen and oxygen atoms in total. The van der Waals surface area contributed by atoms with Crippen LogP contribution in [0.3, 0.4) is 0 Å². The van der Waals surface area contributed by atoms with Gasteiger partial charge in [-0.15, -0.1) is 0 Å². The highest BCUT2D eigenvalue weighted by atomic mass is 16.5. The van der Waals surface area contributed by atoms with Crippen LogP contribution in [0.2, 0.25) is 0 Å². The van der Waals surface area contributed by atoms with Crippen molar-refractivity contribution in [3.63, 3.8) is 0 Å². The molecule has 0 saturated heterocycles. The number of nitrogens with zero attached hydrogens (tertiary/aromatic N) is 1. The summed E-state index contributed by atoms with van der Waals surface area (Å²) in [6.45, 7) is 5.87. The van der Waals surface area contributed by atoms with Gasteiger partial charge < -0.3 is 19.7 Å². The minimum Gasteiger partial charge on any atom is -0.497 e. The zero-order valence-corrected chi connectivity index (χ0v) is 15.3. The number of hydrogen-bond donors (Lipinski definition) is 1. The molecule has 0 atom stereocenters. The van der Waals surface area contributed by atoms with E-state index < -0.39 is 0 Å². The van der Waals surface area contributed by atoms with Crippen LogP contribution >= 0.6 is 0 Å². The van der Waals surface area contributed by atoms with E-state index in [-0.39, 0.29) is 12.5 Å². The van der Waals surface area contributed by atoms with E-state index in [1.165, 1.54) is 7.11 Å². The Hall–Kier alpha value is -3.02. The first kappa shape index (κ1) is 19.3. The molecule has 1 N–H and O–H groups in total. The van der Waals surface area contributed by atoms with Crippen LogP contribution in [0.4, 0.5) is 11.4 Å². The smallest absolute Gasteiger partial charge is 0.262 e. The van der Waals surface area contributed by atoms with Gasteiger partial charge in [-0.2, -0.15) is 0 Å². The third-order valence-electron chi connectivity index (χ3n) is 3.98. The van der Waals surface area contributed by atoms with Gasteiger partial charge in [0.25, 0.3) is 5.91 Å². The number of amides is 1. The maximum Gasteiger partial charge on any atom is 0.262 e. The molecule has 0 saturated carbocycles. The van der Waals surface area contributed by atoms with Crippen LogP contribution in [-0.4, -0.2) is 39.0 Å². The van der Waals surface area contributed by atoms with Gasteiger partial charge >= 0.3 is 0 Å². The summed E-state index contributed by atoms with van der Waals surface area (Å²) < 4.78 is 10.5. The number of carbonyl (C=O) groups is 2. The van der Waals surface area contributed by atoms with Gasteiger partial charge in [0.05, 0.1) is 12.7 Å². The highest BCUT2D eigenvalue weighted by Crippen LogP contribution is 2.23. The number of hydrogen-bond acceptors (Lipinski definition) is 5. The topological polar surface area (TPSA) is 67.9 Å². The van der Waals surface area contributed by atoms with Crippen molar-refractivity contribution in [1.82, 2.24) is 0 Å². The number of methoxy groups -OCH3 is 1. The van der Waals surface area contributed by atoms with Crippen molar-refractivity contribution in [2.24, 2.45) is 0 Å². The summed E-state index contributed by atoms with van der Waals surface area (Å²) in [6.07, 6.45) is 0.668. The Kier molecular flexibility index (Phi) is 7.02. The van der Waals surface area contributed by atoms with Gasteiger partial charge in [0.2, 0.25) is 0 Å². The molecule has 0 aromatic heterocycles. The molecule has 2 rings (SSSR count). The Labute approximate surface area is 153 Å². The predicted molar refractivity (Wildman–Crippen MR) is 103 cm³/mol. The number of nitrogens with one attached hydrogen (secondary N) is 1. The van der Waals surface area contributed by atoms with Crippen LogP contribution in [0, 0.1) is 0 Å². The van der Waals surface area contributed by atoms with Gasteiger partial charge in [0.15, 0.2) is 12.9 Å². The number of aldehydes is 1. The van der Waals surface area contributed by atoms with Crippen LogP contribution in [0.15, 0.2) is 42.5 Å². The van der Waals surface area contributed by atoms with Gasteiger partial charge in [-0.25, -0.2) is 0 Å². The van der Waals surface area contributed by atoms with E-state index in [4.69, 9.17) is 9.47 Å².